The molecular formula is C12H16N2O4S2. The molecule has 1 unspecified atom stereocenters. The number of sulfone groups is 1. The molecule has 1 fully saturated rings. The highest BCUT2D eigenvalue weighted by atomic mass is 32.2. The van der Waals surface area contributed by atoms with Crippen LogP contribution in [0.15, 0.2) is 18.5 Å². The van der Waals surface area contributed by atoms with Crippen molar-refractivity contribution in [1.29, 1.82) is 0 Å². The third-order valence-electron chi connectivity index (χ3n) is 3.19. The lowest BCUT2D eigenvalue weighted by Gasteiger charge is -2.34. The average Bonchev–Trinajstić information content (AvgIpc) is 2.47. The van der Waals surface area contributed by atoms with Crippen molar-refractivity contribution in [3.05, 3.63) is 24.0 Å². The Bertz CT molecular complexity index is 603. The minimum absolute atomic E-state index is 0.00959. The highest BCUT2D eigenvalue weighted by Crippen LogP contribution is 2.25. The van der Waals surface area contributed by atoms with Gasteiger partial charge in [-0.15, -0.1) is 0 Å². The maximum absolute atomic E-state index is 12.5. The number of hydrogen-bond donors (Lipinski definition) is 1. The number of carbonyl (C=O) groups is 1. The highest BCUT2D eigenvalue weighted by molar-refractivity contribution is 8.01. The van der Waals surface area contributed by atoms with Gasteiger partial charge < -0.3 is 10.0 Å². The molecule has 1 saturated heterocycles. The third-order valence-corrected chi connectivity index (χ3v) is 6.48. The molecule has 1 N–H and O–H groups in total. The summed E-state index contributed by atoms with van der Waals surface area (Å²) in [5, 5.41) is 8.87. The Morgan fingerprint density at radius 2 is 2.35 bits per heavy atom. The van der Waals surface area contributed by atoms with Crippen molar-refractivity contribution in [1.82, 2.24) is 9.88 Å². The molecule has 110 valence electrons. The summed E-state index contributed by atoms with van der Waals surface area (Å²) in [4.78, 5) is 17.5. The maximum Gasteiger partial charge on any atom is 0.258 e. The molecular weight excluding hydrogens is 300 g/mol. The van der Waals surface area contributed by atoms with E-state index in [4.69, 9.17) is 0 Å². The van der Waals surface area contributed by atoms with Crippen molar-refractivity contribution in [3.63, 3.8) is 0 Å². The van der Waals surface area contributed by atoms with E-state index < -0.39 is 21.1 Å². The number of aromatic nitrogens is 1. The van der Waals surface area contributed by atoms with Crippen LogP contribution in [0, 0.1) is 0 Å². The fourth-order valence-corrected chi connectivity index (χ4v) is 4.99. The number of carbonyl (C=O) groups excluding carboxylic acids is 1. The highest BCUT2D eigenvalue weighted by Gasteiger charge is 2.36. The molecule has 1 aliphatic rings. The molecule has 8 heteroatoms. The summed E-state index contributed by atoms with van der Waals surface area (Å²) in [5.41, 5.74) is 0.0863. The van der Waals surface area contributed by atoms with Crippen LogP contribution in [0.3, 0.4) is 0 Å². The standard InChI is InChI=1S/C12H16N2O4S2/c1-2-20(17,18)11-8-19-6-5-14(11)12(16)9-3-4-13-7-10(9)15/h3-4,7,11,15H,2,5-6,8H2,1H3. The Kier molecular flexibility index (Phi) is 4.54. The smallest absolute Gasteiger partial charge is 0.258 e. The number of rotatable bonds is 3. The van der Waals surface area contributed by atoms with Gasteiger partial charge in [0.25, 0.3) is 5.91 Å². The van der Waals surface area contributed by atoms with Crippen LogP contribution in [0.2, 0.25) is 0 Å². The summed E-state index contributed by atoms with van der Waals surface area (Å²) in [6, 6.07) is 1.40. The number of pyridine rings is 1. The summed E-state index contributed by atoms with van der Waals surface area (Å²) in [5.74, 6) is 0.349. The van der Waals surface area contributed by atoms with Gasteiger partial charge in [-0.2, -0.15) is 11.8 Å². The van der Waals surface area contributed by atoms with Gasteiger partial charge in [-0.05, 0) is 6.07 Å². The van der Waals surface area contributed by atoms with Gasteiger partial charge >= 0.3 is 0 Å². The Morgan fingerprint density at radius 1 is 1.60 bits per heavy atom. The van der Waals surface area contributed by atoms with E-state index in [1.807, 2.05) is 0 Å². The molecule has 0 spiro atoms. The lowest BCUT2D eigenvalue weighted by atomic mass is 10.2. The average molecular weight is 316 g/mol. The maximum atomic E-state index is 12.5. The van der Waals surface area contributed by atoms with Crippen molar-refractivity contribution in [2.75, 3.05) is 23.8 Å². The molecule has 0 aromatic carbocycles. The third kappa shape index (κ3) is 2.90. The number of amides is 1. The van der Waals surface area contributed by atoms with Gasteiger partial charge in [-0.25, -0.2) is 8.42 Å². The van der Waals surface area contributed by atoms with E-state index in [0.29, 0.717) is 18.1 Å². The van der Waals surface area contributed by atoms with Crippen molar-refractivity contribution in [2.24, 2.45) is 0 Å². The number of thioether (sulfide) groups is 1. The molecule has 2 rings (SSSR count). The zero-order valence-electron chi connectivity index (χ0n) is 11.0. The zero-order valence-corrected chi connectivity index (χ0v) is 12.7. The monoisotopic (exact) mass is 316 g/mol. The van der Waals surface area contributed by atoms with Crippen LogP contribution in [0.5, 0.6) is 5.75 Å². The van der Waals surface area contributed by atoms with Gasteiger partial charge in [0, 0.05) is 30.0 Å². The Hall–Kier alpha value is -1.28. The van der Waals surface area contributed by atoms with Crippen LogP contribution in [-0.4, -0.2) is 58.5 Å². The molecule has 2 heterocycles. The van der Waals surface area contributed by atoms with E-state index in [1.165, 1.54) is 35.1 Å². The van der Waals surface area contributed by atoms with Crippen LogP contribution in [0.4, 0.5) is 0 Å². The summed E-state index contributed by atoms with van der Waals surface area (Å²) in [6.45, 7) is 1.93. The second-order valence-electron chi connectivity index (χ2n) is 4.37. The SMILES string of the molecule is CCS(=O)(=O)C1CSCCN1C(=O)c1ccncc1O. The van der Waals surface area contributed by atoms with Crippen molar-refractivity contribution >= 4 is 27.5 Å². The first-order chi connectivity index (χ1) is 9.47. The second-order valence-corrected chi connectivity index (χ2v) is 7.97. The van der Waals surface area contributed by atoms with Crippen molar-refractivity contribution in [2.45, 2.75) is 12.3 Å². The Labute approximate surface area is 122 Å². The lowest BCUT2D eigenvalue weighted by Crippen LogP contribution is -2.50. The number of hydrogen-bond acceptors (Lipinski definition) is 6. The van der Waals surface area contributed by atoms with Gasteiger partial charge in [0.1, 0.15) is 11.1 Å². The molecule has 1 aromatic rings. The fourth-order valence-electron chi connectivity index (χ4n) is 2.02. The van der Waals surface area contributed by atoms with Crippen LogP contribution >= 0.6 is 11.8 Å². The first kappa shape index (κ1) is 15.1. The predicted octanol–water partition coefficient (Wildman–Crippen LogP) is 0.737. The van der Waals surface area contributed by atoms with E-state index in [-0.39, 0.29) is 17.1 Å². The number of nitrogens with zero attached hydrogens (tertiary/aromatic N) is 2. The van der Waals surface area contributed by atoms with Crippen LogP contribution in [-0.2, 0) is 9.84 Å². The molecule has 0 saturated carbocycles. The van der Waals surface area contributed by atoms with Crippen LogP contribution in [0.1, 0.15) is 17.3 Å². The molecule has 20 heavy (non-hydrogen) atoms. The molecule has 0 radical (unpaired) electrons. The molecule has 1 atom stereocenters. The minimum Gasteiger partial charge on any atom is -0.505 e. The first-order valence-corrected chi connectivity index (χ1v) is 9.07. The van der Waals surface area contributed by atoms with E-state index in [0.717, 1.165) is 0 Å². The predicted molar refractivity (Wildman–Crippen MR) is 77.5 cm³/mol. The fraction of sp³-hybridized carbons (Fsp3) is 0.500. The van der Waals surface area contributed by atoms with E-state index in [9.17, 15) is 18.3 Å². The normalized spacial score (nSPS) is 19.9. The van der Waals surface area contributed by atoms with Crippen LogP contribution < -0.4 is 0 Å². The summed E-state index contributed by atoms with van der Waals surface area (Å²) < 4.78 is 24.2. The van der Waals surface area contributed by atoms with Crippen molar-refractivity contribution in [3.8, 4) is 5.75 Å². The zero-order chi connectivity index (χ0) is 14.8. The second kappa shape index (κ2) is 6.01. The first-order valence-electron chi connectivity index (χ1n) is 6.20. The van der Waals surface area contributed by atoms with Gasteiger partial charge in [0.15, 0.2) is 9.84 Å². The Morgan fingerprint density at radius 3 is 3.00 bits per heavy atom. The Balaban J connectivity index is 2.34. The van der Waals surface area contributed by atoms with Gasteiger partial charge in [-0.3, -0.25) is 9.78 Å². The molecule has 0 bridgehead atoms. The summed E-state index contributed by atoms with van der Waals surface area (Å²) in [6.07, 6.45) is 2.57. The largest absolute Gasteiger partial charge is 0.505 e. The van der Waals surface area contributed by atoms with Crippen LogP contribution in [0.25, 0.3) is 0 Å². The number of aromatic hydroxyl groups is 1. The van der Waals surface area contributed by atoms with E-state index in [1.54, 1.807) is 6.92 Å². The molecule has 1 aromatic heterocycles. The van der Waals surface area contributed by atoms with Gasteiger partial charge in [-0.1, -0.05) is 6.92 Å². The molecule has 1 amide bonds. The summed E-state index contributed by atoms with van der Waals surface area (Å²) >= 11 is 1.52. The summed E-state index contributed by atoms with van der Waals surface area (Å²) in [7, 11) is -3.35. The van der Waals surface area contributed by atoms with E-state index in [2.05, 4.69) is 4.98 Å². The molecule has 1 aliphatic heterocycles. The quantitative estimate of drug-likeness (QED) is 0.885. The van der Waals surface area contributed by atoms with Gasteiger partial charge in [0.2, 0.25) is 0 Å². The topological polar surface area (TPSA) is 87.6 Å². The lowest BCUT2D eigenvalue weighted by molar-refractivity contribution is 0.0746. The van der Waals surface area contributed by atoms with E-state index >= 15 is 0 Å². The van der Waals surface area contributed by atoms with Gasteiger partial charge in [0.05, 0.1) is 11.8 Å². The minimum atomic E-state index is -3.35. The van der Waals surface area contributed by atoms with Crippen molar-refractivity contribution < 1.29 is 18.3 Å². The molecule has 6 nitrogen and oxygen atoms in total. The molecule has 0 aliphatic carbocycles.